The van der Waals surface area contributed by atoms with Crippen molar-refractivity contribution in [2.75, 3.05) is 34.8 Å². The van der Waals surface area contributed by atoms with Gasteiger partial charge in [-0.3, -0.25) is 9.59 Å². The van der Waals surface area contributed by atoms with Gasteiger partial charge in [0.25, 0.3) is 0 Å². The van der Waals surface area contributed by atoms with Crippen molar-refractivity contribution in [3.8, 4) is 0 Å². The maximum atomic E-state index is 12.6. The molecule has 5 heteroatoms. The van der Waals surface area contributed by atoms with Crippen LogP contribution in [-0.2, 0) is 9.59 Å². The highest BCUT2D eigenvalue weighted by Gasteiger charge is 2.19. The molecule has 154 valence electrons. The Labute approximate surface area is 173 Å². The minimum atomic E-state index is -0.206. The van der Waals surface area contributed by atoms with Gasteiger partial charge in [0.2, 0.25) is 11.8 Å². The van der Waals surface area contributed by atoms with E-state index >= 15 is 0 Å². The fourth-order valence-corrected chi connectivity index (χ4v) is 3.70. The van der Waals surface area contributed by atoms with Crippen LogP contribution in [0.4, 0.5) is 17.1 Å². The molecule has 0 aliphatic carbocycles. The Morgan fingerprint density at radius 3 is 2.34 bits per heavy atom. The van der Waals surface area contributed by atoms with Crippen molar-refractivity contribution in [1.29, 1.82) is 0 Å². The lowest BCUT2D eigenvalue weighted by molar-refractivity contribution is -0.120. The summed E-state index contributed by atoms with van der Waals surface area (Å²) in [6.07, 6.45) is 2.42. The zero-order valence-electron chi connectivity index (χ0n) is 17.9. The minimum absolute atomic E-state index is 0.0106. The van der Waals surface area contributed by atoms with Gasteiger partial charge in [-0.25, -0.2) is 0 Å². The first-order valence-electron chi connectivity index (χ1n) is 10.3. The van der Waals surface area contributed by atoms with Gasteiger partial charge in [0, 0.05) is 37.1 Å². The highest BCUT2D eigenvalue weighted by Crippen LogP contribution is 2.26. The lowest BCUT2D eigenvalue weighted by Gasteiger charge is -2.32. The van der Waals surface area contributed by atoms with Crippen molar-refractivity contribution < 1.29 is 9.59 Å². The standard InChI is InChI=1S/C24H31N3O2/c1-17-11-13-26(14-12-17)21-7-9-22(10-8-21)27(20(4)28)16-24(29)25-23-15-18(2)5-6-19(23)3/h5-10,15,17H,11-14,16H2,1-4H3,(H,25,29). The number of rotatable bonds is 5. The van der Waals surface area contributed by atoms with Gasteiger partial charge in [-0.1, -0.05) is 19.1 Å². The molecule has 1 aliphatic heterocycles. The quantitative estimate of drug-likeness (QED) is 0.812. The second-order valence-corrected chi connectivity index (χ2v) is 8.16. The molecule has 1 saturated heterocycles. The largest absolute Gasteiger partial charge is 0.372 e. The molecule has 0 saturated carbocycles. The van der Waals surface area contributed by atoms with E-state index in [4.69, 9.17) is 0 Å². The fourth-order valence-electron chi connectivity index (χ4n) is 3.70. The van der Waals surface area contributed by atoms with Crippen LogP contribution in [0.25, 0.3) is 0 Å². The summed E-state index contributed by atoms with van der Waals surface area (Å²) < 4.78 is 0. The molecule has 1 fully saturated rings. The molecule has 0 radical (unpaired) electrons. The first kappa shape index (κ1) is 20.9. The van der Waals surface area contributed by atoms with Crippen molar-refractivity contribution in [1.82, 2.24) is 0 Å². The third-order valence-electron chi connectivity index (χ3n) is 5.66. The number of amides is 2. The topological polar surface area (TPSA) is 52.7 Å². The normalized spacial score (nSPS) is 14.6. The lowest BCUT2D eigenvalue weighted by atomic mass is 9.99. The lowest BCUT2D eigenvalue weighted by Crippen LogP contribution is -2.37. The van der Waals surface area contributed by atoms with Crippen molar-refractivity contribution >= 4 is 28.9 Å². The third kappa shape index (κ3) is 5.37. The number of anilines is 3. The van der Waals surface area contributed by atoms with Gasteiger partial charge in [0.1, 0.15) is 6.54 Å². The summed E-state index contributed by atoms with van der Waals surface area (Å²) in [6.45, 7) is 9.85. The van der Waals surface area contributed by atoms with Crippen LogP contribution >= 0.6 is 0 Å². The van der Waals surface area contributed by atoms with Gasteiger partial charge >= 0.3 is 0 Å². The van der Waals surface area contributed by atoms with Crippen LogP contribution in [-0.4, -0.2) is 31.4 Å². The van der Waals surface area contributed by atoms with E-state index in [0.29, 0.717) is 0 Å². The molecule has 0 bridgehead atoms. The average molecular weight is 394 g/mol. The van der Waals surface area contributed by atoms with Crippen molar-refractivity contribution in [3.63, 3.8) is 0 Å². The minimum Gasteiger partial charge on any atom is -0.372 e. The van der Waals surface area contributed by atoms with Gasteiger partial charge in [-0.2, -0.15) is 0 Å². The van der Waals surface area contributed by atoms with Crippen molar-refractivity contribution in [2.24, 2.45) is 5.92 Å². The van der Waals surface area contributed by atoms with Crippen LogP contribution in [0.2, 0.25) is 0 Å². The number of nitrogens with zero attached hydrogens (tertiary/aromatic N) is 2. The number of carbonyl (C=O) groups is 2. The van der Waals surface area contributed by atoms with Crippen LogP contribution in [0.3, 0.4) is 0 Å². The number of hydrogen-bond donors (Lipinski definition) is 1. The molecular weight excluding hydrogens is 362 g/mol. The van der Waals surface area contributed by atoms with Crippen LogP contribution < -0.4 is 15.1 Å². The average Bonchev–Trinajstić information content (AvgIpc) is 2.69. The molecule has 0 spiro atoms. The van der Waals surface area contributed by atoms with E-state index in [9.17, 15) is 9.59 Å². The maximum absolute atomic E-state index is 12.6. The van der Waals surface area contributed by atoms with Crippen LogP contribution in [0, 0.1) is 19.8 Å². The smallest absolute Gasteiger partial charge is 0.244 e. The Morgan fingerprint density at radius 2 is 1.72 bits per heavy atom. The molecule has 0 unspecified atom stereocenters. The summed E-state index contributed by atoms with van der Waals surface area (Å²) in [5.41, 5.74) is 4.77. The van der Waals surface area contributed by atoms with Gasteiger partial charge in [-0.05, 0) is 74.1 Å². The molecule has 5 nitrogen and oxygen atoms in total. The second-order valence-electron chi connectivity index (χ2n) is 8.16. The summed E-state index contributed by atoms with van der Waals surface area (Å²) in [5.74, 6) is 0.429. The zero-order chi connectivity index (χ0) is 21.0. The maximum Gasteiger partial charge on any atom is 0.244 e. The summed E-state index contributed by atoms with van der Waals surface area (Å²) >= 11 is 0. The molecule has 1 heterocycles. The van der Waals surface area contributed by atoms with Crippen LogP contribution in [0.15, 0.2) is 42.5 Å². The van der Waals surface area contributed by atoms with Gasteiger partial charge < -0.3 is 15.1 Å². The predicted octanol–water partition coefficient (Wildman–Crippen LogP) is 4.53. The molecular formula is C24H31N3O2. The number of hydrogen-bond acceptors (Lipinski definition) is 3. The second kappa shape index (κ2) is 9.12. The molecule has 0 aromatic heterocycles. The Hall–Kier alpha value is -2.82. The van der Waals surface area contributed by atoms with E-state index in [1.165, 1.54) is 30.4 Å². The number of carbonyl (C=O) groups excluding carboxylic acids is 2. The van der Waals surface area contributed by atoms with Crippen LogP contribution in [0.1, 0.15) is 37.8 Å². The van der Waals surface area contributed by atoms with Crippen molar-refractivity contribution in [3.05, 3.63) is 53.6 Å². The Morgan fingerprint density at radius 1 is 1.07 bits per heavy atom. The summed E-state index contributed by atoms with van der Waals surface area (Å²) in [6, 6.07) is 13.9. The van der Waals surface area contributed by atoms with Gasteiger partial charge in [-0.15, -0.1) is 0 Å². The van der Waals surface area contributed by atoms with E-state index in [0.717, 1.165) is 41.5 Å². The number of benzene rings is 2. The SMILES string of the molecule is CC(=O)N(CC(=O)Nc1cc(C)ccc1C)c1ccc(N2CCC(C)CC2)cc1. The van der Waals surface area contributed by atoms with Crippen molar-refractivity contribution in [2.45, 2.75) is 40.5 Å². The molecule has 3 rings (SSSR count). The molecule has 2 aromatic carbocycles. The number of nitrogens with one attached hydrogen (secondary N) is 1. The number of aryl methyl sites for hydroxylation is 2. The molecule has 29 heavy (non-hydrogen) atoms. The molecule has 0 atom stereocenters. The van der Waals surface area contributed by atoms with E-state index < -0.39 is 0 Å². The fraction of sp³-hybridized carbons (Fsp3) is 0.417. The van der Waals surface area contributed by atoms with E-state index in [2.05, 4.69) is 17.1 Å². The van der Waals surface area contributed by atoms with E-state index in [1.807, 2.05) is 56.3 Å². The highest BCUT2D eigenvalue weighted by atomic mass is 16.2. The number of piperidine rings is 1. The molecule has 2 aromatic rings. The van der Waals surface area contributed by atoms with Crippen LogP contribution in [0.5, 0.6) is 0 Å². The first-order chi connectivity index (χ1) is 13.8. The van der Waals surface area contributed by atoms with Gasteiger partial charge in [0.05, 0.1) is 0 Å². The summed E-state index contributed by atoms with van der Waals surface area (Å²) in [5, 5.41) is 2.93. The first-order valence-corrected chi connectivity index (χ1v) is 10.3. The molecule has 1 N–H and O–H groups in total. The highest BCUT2D eigenvalue weighted by molar-refractivity contribution is 6.02. The Kier molecular flexibility index (Phi) is 6.57. The molecule has 2 amide bonds. The summed E-state index contributed by atoms with van der Waals surface area (Å²) in [7, 11) is 0. The Bertz CT molecular complexity index is 868. The monoisotopic (exact) mass is 393 g/mol. The zero-order valence-corrected chi connectivity index (χ0v) is 17.9. The third-order valence-corrected chi connectivity index (χ3v) is 5.66. The van der Waals surface area contributed by atoms with E-state index in [1.54, 1.807) is 0 Å². The summed E-state index contributed by atoms with van der Waals surface area (Å²) in [4.78, 5) is 28.7. The van der Waals surface area contributed by atoms with Gasteiger partial charge in [0.15, 0.2) is 0 Å². The van der Waals surface area contributed by atoms with E-state index in [-0.39, 0.29) is 18.4 Å². The Balaban J connectivity index is 1.68. The predicted molar refractivity (Wildman–Crippen MR) is 120 cm³/mol. The molecule has 1 aliphatic rings.